The summed E-state index contributed by atoms with van der Waals surface area (Å²) in [6.07, 6.45) is 0. The number of carbonyl (C=O) groups is 3. The zero-order valence-electron chi connectivity index (χ0n) is 10.1. The molecule has 0 saturated carbocycles. The Hall–Kier alpha value is -1.79. The first-order valence-electron chi connectivity index (χ1n) is 5.31. The molecule has 0 aromatic heterocycles. The Morgan fingerprint density at radius 3 is 2.29 bits per heavy atom. The molecule has 3 N–H and O–H groups in total. The fourth-order valence-electron chi connectivity index (χ4n) is 1.07. The summed E-state index contributed by atoms with van der Waals surface area (Å²) < 4.78 is 4.59. The highest BCUT2D eigenvalue weighted by Gasteiger charge is 2.23. The summed E-state index contributed by atoms with van der Waals surface area (Å²) in [6.45, 7) is 4.93. The molecular formula is C10H18N2O5. The van der Waals surface area contributed by atoms with Gasteiger partial charge in [-0.05, 0) is 12.8 Å². The van der Waals surface area contributed by atoms with Crippen LogP contribution >= 0.6 is 0 Å². The number of carboxylic acids is 1. The van der Waals surface area contributed by atoms with Crippen molar-refractivity contribution in [1.29, 1.82) is 0 Å². The molecule has 2 amide bonds. The Balaban J connectivity index is 4.07. The second kappa shape index (κ2) is 7.48. The molecule has 98 valence electrons. The number of carbonyl (C=O) groups excluding carboxylic acids is 2. The van der Waals surface area contributed by atoms with Crippen LogP contribution in [-0.4, -0.2) is 42.3 Å². The van der Waals surface area contributed by atoms with E-state index >= 15 is 0 Å². The largest absolute Gasteiger partial charge is 0.480 e. The third-order valence-electron chi connectivity index (χ3n) is 1.92. The van der Waals surface area contributed by atoms with E-state index < -0.39 is 24.0 Å². The zero-order valence-corrected chi connectivity index (χ0v) is 10.1. The molecule has 17 heavy (non-hydrogen) atoms. The van der Waals surface area contributed by atoms with Gasteiger partial charge in [-0.15, -0.1) is 0 Å². The number of hydrogen-bond donors (Lipinski definition) is 3. The smallest absolute Gasteiger partial charge is 0.326 e. The van der Waals surface area contributed by atoms with E-state index in [-0.39, 0.29) is 19.1 Å². The van der Waals surface area contributed by atoms with Gasteiger partial charge in [0.15, 0.2) is 0 Å². The van der Waals surface area contributed by atoms with Gasteiger partial charge in [0.25, 0.3) is 0 Å². The van der Waals surface area contributed by atoms with Crippen LogP contribution in [0.2, 0.25) is 0 Å². The lowest BCUT2D eigenvalue weighted by molar-refractivity contribution is -0.141. The van der Waals surface area contributed by atoms with Crippen LogP contribution < -0.4 is 10.6 Å². The zero-order chi connectivity index (χ0) is 13.4. The van der Waals surface area contributed by atoms with Gasteiger partial charge in [-0.2, -0.15) is 0 Å². The number of rotatable bonds is 6. The molecule has 0 aliphatic rings. The molecule has 0 heterocycles. The molecule has 0 spiro atoms. The maximum atomic E-state index is 11.3. The Morgan fingerprint density at radius 2 is 1.88 bits per heavy atom. The van der Waals surface area contributed by atoms with Crippen molar-refractivity contribution in [3.8, 4) is 0 Å². The van der Waals surface area contributed by atoms with Crippen molar-refractivity contribution in [3.05, 3.63) is 0 Å². The van der Waals surface area contributed by atoms with E-state index in [1.54, 1.807) is 20.8 Å². The minimum Gasteiger partial charge on any atom is -0.480 e. The average molecular weight is 246 g/mol. The van der Waals surface area contributed by atoms with Gasteiger partial charge >= 0.3 is 18.0 Å². The molecule has 0 aliphatic heterocycles. The number of aliphatic carboxylic acids is 1. The molecular weight excluding hydrogens is 228 g/mol. The highest BCUT2D eigenvalue weighted by atomic mass is 16.5. The van der Waals surface area contributed by atoms with Gasteiger partial charge in [0, 0.05) is 0 Å². The molecule has 0 rings (SSSR count). The monoisotopic (exact) mass is 246 g/mol. The van der Waals surface area contributed by atoms with Gasteiger partial charge in [0.05, 0.1) is 6.61 Å². The maximum Gasteiger partial charge on any atom is 0.326 e. The fourth-order valence-corrected chi connectivity index (χ4v) is 1.07. The number of ether oxygens (including phenoxy) is 1. The van der Waals surface area contributed by atoms with E-state index in [1.165, 1.54) is 0 Å². The topological polar surface area (TPSA) is 105 Å². The van der Waals surface area contributed by atoms with Gasteiger partial charge in [-0.25, -0.2) is 9.59 Å². The summed E-state index contributed by atoms with van der Waals surface area (Å²) in [5.74, 6) is -1.94. The van der Waals surface area contributed by atoms with Gasteiger partial charge in [0.1, 0.15) is 12.6 Å². The van der Waals surface area contributed by atoms with Crippen LogP contribution in [0.1, 0.15) is 20.8 Å². The van der Waals surface area contributed by atoms with Crippen molar-refractivity contribution >= 4 is 18.0 Å². The molecule has 0 aliphatic carbocycles. The maximum absolute atomic E-state index is 11.3. The Bertz CT molecular complexity index is 290. The third-order valence-corrected chi connectivity index (χ3v) is 1.92. The molecule has 7 nitrogen and oxygen atoms in total. The molecule has 0 fully saturated rings. The standard InChI is InChI=1S/C10H18N2O5/c1-4-17-7(13)5-11-10(16)12-8(6(2)3)9(14)15/h6,8H,4-5H2,1-3H3,(H,14,15)(H2,11,12,16)/t8-/m1/s1. The van der Waals surface area contributed by atoms with Crippen LogP contribution in [0.4, 0.5) is 4.79 Å². The minimum atomic E-state index is -1.12. The van der Waals surface area contributed by atoms with Crippen molar-refractivity contribution in [2.45, 2.75) is 26.8 Å². The van der Waals surface area contributed by atoms with Crippen LogP contribution in [-0.2, 0) is 14.3 Å². The number of amides is 2. The van der Waals surface area contributed by atoms with Gasteiger partial charge in [0.2, 0.25) is 0 Å². The molecule has 0 unspecified atom stereocenters. The minimum absolute atomic E-state index is 0.228. The summed E-state index contributed by atoms with van der Waals surface area (Å²) in [6, 6.07) is -1.70. The number of esters is 1. The van der Waals surface area contributed by atoms with Crippen molar-refractivity contribution in [3.63, 3.8) is 0 Å². The lowest BCUT2D eigenvalue weighted by Crippen LogP contribution is -2.49. The summed E-state index contributed by atoms with van der Waals surface area (Å²) in [5, 5.41) is 13.3. The number of hydrogen-bond acceptors (Lipinski definition) is 4. The Kier molecular flexibility index (Phi) is 6.69. The average Bonchev–Trinajstić information content (AvgIpc) is 2.22. The first kappa shape index (κ1) is 15.2. The normalized spacial score (nSPS) is 11.8. The number of carboxylic acid groups (broad SMARTS) is 1. The summed E-state index contributed by atoms with van der Waals surface area (Å²) in [4.78, 5) is 33.0. The molecule has 1 atom stereocenters. The fraction of sp³-hybridized carbons (Fsp3) is 0.700. The first-order chi connectivity index (χ1) is 7.88. The van der Waals surface area contributed by atoms with E-state index in [0.717, 1.165) is 0 Å². The SMILES string of the molecule is CCOC(=O)CNC(=O)N[C@@H](C(=O)O)C(C)C. The van der Waals surface area contributed by atoms with Gasteiger partial charge in [-0.3, -0.25) is 4.79 Å². The first-order valence-corrected chi connectivity index (χ1v) is 5.31. The van der Waals surface area contributed by atoms with Crippen LogP contribution in [0.15, 0.2) is 0 Å². The van der Waals surface area contributed by atoms with Crippen LogP contribution in [0.25, 0.3) is 0 Å². The quantitative estimate of drug-likeness (QED) is 0.570. The van der Waals surface area contributed by atoms with Crippen LogP contribution in [0.5, 0.6) is 0 Å². The lowest BCUT2D eigenvalue weighted by Gasteiger charge is -2.17. The molecule has 0 saturated heterocycles. The second-order valence-electron chi connectivity index (χ2n) is 3.69. The number of urea groups is 1. The predicted molar refractivity (Wildman–Crippen MR) is 59.4 cm³/mol. The van der Waals surface area contributed by atoms with E-state index in [2.05, 4.69) is 15.4 Å². The van der Waals surface area contributed by atoms with Crippen molar-refractivity contribution < 1.29 is 24.2 Å². The third kappa shape index (κ3) is 6.39. The van der Waals surface area contributed by atoms with E-state index in [0.29, 0.717) is 0 Å². The Labute approximate surface area is 99.5 Å². The van der Waals surface area contributed by atoms with Gasteiger partial charge < -0.3 is 20.5 Å². The van der Waals surface area contributed by atoms with Crippen molar-refractivity contribution in [2.24, 2.45) is 5.92 Å². The number of nitrogens with one attached hydrogen (secondary N) is 2. The lowest BCUT2D eigenvalue weighted by atomic mass is 10.1. The molecule has 0 bridgehead atoms. The highest BCUT2D eigenvalue weighted by molar-refractivity contribution is 5.85. The van der Waals surface area contributed by atoms with Crippen LogP contribution in [0.3, 0.4) is 0 Å². The van der Waals surface area contributed by atoms with Gasteiger partial charge in [-0.1, -0.05) is 13.8 Å². The van der Waals surface area contributed by atoms with E-state index in [1.807, 2.05) is 0 Å². The van der Waals surface area contributed by atoms with Crippen molar-refractivity contribution in [1.82, 2.24) is 10.6 Å². The molecule has 0 radical (unpaired) electrons. The molecule has 7 heteroatoms. The van der Waals surface area contributed by atoms with Crippen molar-refractivity contribution in [2.75, 3.05) is 13.2 Å². The predicted octanol–water partition coefficient (Wildman–Crippen LogP) is -0.0421. The molecule has 0 aromatic rings. The van der Waals surface area contributed by atoms with E-state index in [4.69, 9.17) is 5.11 Å². The summed E-state index contributed by atoms with van der Waals surface area (Å²) in [7, 11) is 0. The molecule has 0 aromatic carbocycles. The van der Waals surface area contributed by atoms with E-state index in [9.17, 15) is 14.4 Å². The highest BCUT2D eigenvalue weighted by Crippen LogP contribution is 2.00. The summed E-state index contributed by atoms with van der Waals surface area (Å²) in [5.41, 5.74) is 0. The van der Waals surface area contributed by atoms with Crippen LogP contribution in [0, 0.1) is 5.92 Å². The summed E-state index contributed by atoms with van der Waals surface area (Å²) >= 11 is 0. The Morgan fingerprint density at radius 1 is 1.29 bits per heavy atom. The second-order valence-corrected chi connectivity index (χ2v) is 3.69.